The third-order valence-electron chi connectivity index (χ3n) is 8.82. The van der Waals surface area contributed by atoms with Gasteiger partial charge in [0.25, 0.3) is 0 Å². The molecule has 1 aromatic rings. The lowest BCUT2D eigenvalue weighted by Crippen LogP contribution is -2.58. The number of guanidine groups is 1. The maximum Gasteiger partial charge on any atom is 0.416 e. The van der Waals surface area contributed by atoms with E-state index < -0.39 is 65.6 Å². The summed E-state index contributed by atoms with van der Waals surface area (Å²) in [4.78, 5) is 32.1. The third kappa shape index (κ3) is 12.6. The Balaban J connectivity index is 2.63. The zero-order chi connectivity index (χ0) is 39.6. The van der Waals surface area contributed by atoms with Crippen LogP contribution in [-0.2, 0) is 28.4 Å². The highest BCUT2D eigenvalue weighted by Crippen LogP contribution is 2.38. The molecule has 1 amide bonds. The van der Waals surface area contributed by atoms with E-state index in [0.717, 1.165) is 0 Å². The van der Waals surface area contributed by atoms with Gasteiger partial charge in [0, 0.05) is 56.1 Å². The second-order valence-corrected chi connectivity index (χ2v) is 13.5. The first kappa shape index (κ1) is 43.7. The number of aliphatic imine (C=N–C) groups is 1. The Morgan fingerprint density at radius 1 is 1.00 bits per heavy atom. The summed E-state index contributed by atoms with van der Waals surface area (Å²) in [5.74, 6) is 4.58. The van der Waals surface area contributed by atoms with Gasteiger partial charge in [-0.05, 0) is 66.9 Å². The number of likely N-dealkylation sites (tertiary alicyclic amines) is 1. The van der Waals surface area contributed by atoms with Gasteiger partial charge in [-0.1, -0.05) is 53.0 Å². The molecule has 2 rings (SSSR count). The van der Waals surface area contributed by atoms with Crippen molar-refractivity contribution in [1.82, 2.24) is 14.8 Å². The van der Waals surface area contributed by atoms with Crippen molar-refractivity contribution in [3.63, 3.8) is 0 Å². The van der Waals surface area contributed by atoms with E-state index in [2.05, 4.69) is 18.2 Å². The smallest absolute Gasteiger partial charge is 0.416 e. The Hall–Kier alpha value is -4.47. The summed E-state index contributed by atoms with van der Waals surface area (Å²) >= 11 is 0. The largest absolute Gasteiger partial charge is 0.481 e. The number of nitrogens with zero attached hydrogens (tertiary/aromatic N) is 4. The minimum Gasteiger partial charge on any atom is -0.481 e. The number of carbonyl (C=O) groups is 2. The second kappa shape index (κ2) is 18.3. The topological polar surface area (TPSA) is 138 Å². The number of piperidine rings is 1. The summed E-state index contributed by atoms with van der Waals surface area (Å²) in [6.45, 7) is 14.3. The second-order valence-electron chi connectivity index (χ2n) is 13.5. The molecule has 1 aromatic carbocycles. The number of hydrogen-bond acceptors (Lipinski definition) is 6. The van der Waals surface area contributed by atoms with E-state index in [1.54, 1.807) is 25.8 Å². The number of ether oxygens (including phenoxy) is 1. The van der Waals surface area contributed by atoms with Crippen LogP contribution in [0.4, 0.5) is 31.1 Å². The molecule has 52 heavy (non-hydrogen) atoms. The van der Waals surface area contributed by atoms with Crippen molar-refractivity contribution in [3.8, 4) is 0 Å². The SMILES string of the molecule is C=CC(=C\N=C(/N)N(Cc1cc(C(F)(F)F)cc(C(F)(F)F)c1)[C@H]1C[C@@H](CC)N(C(=O)OCC(C)(C)CCC(=O)O)[C@@H](CC)C1)/C(C=C)=C/N(C)N. The molecule has 1 saturated heterocycles. The number of amides is 1. The molecule has 0 bridgehead atoms. The first-order chi connectivity index (χ1) is 24.1. The number of aliphatic carboxylic acids is 1. The van der Waals surface area contributed by atoms with Crippen molar-refractivity contribution >= 4 is 18.0 Å². The predicted octanol–water partition coefficient (Wildman–Crippen LogP) is 7.84. The summed E-state index contributed by atoms with van der Waals surface area (Å²) in [5.41, 5.74) is 3.62. The highest BCUT2D eigenvalue weighted by atomic mass is 19.4. The van der Waals surface area contributed by atoms with Crippen LogP contribution in [0.1, 0.15) is 82.9 Å². The minimum atomic E-state index is -5.06. The molecule has 16 heteroatoms. The zero-order valence-electron chi connectivity index (χ0n) is 30.2. The molecule has 1 aliphatic heterocycles. The maximum atomic E-state index is 13.8. The maximum absolute atomic E-state index is 13.8. The molecule has 3 atom stereocenters. The van der Waals surface area contributed by atoms with Crippen LogP contribution in [0.3, 0.4) is 0 Å². The fourth-order valence-electron chi connectivity index (χ4n) is 6.00. The first-order valence-corrected chi connectivity index (χ1v) is 16.8. The van der Waals surface area contributed by atoms with E-state index in [1.165, 1.54) is 34.5 Å². The lowest BCUT2D eigenvalue weighted by molar-refractivity contribution is -0.143. The highest BCUT2D eigenvalue weighted by Gasteiger charge is 2.42. The number of hydrazine groups is 1. The molecule has 0 aliphatic carbocycles. The summed E-state index contributed by atoms with van der Waals surface area (Å²) in [5, 5.41) is 10.3. The van der Waals surface area contributed by atoms with Crippen LogP contribution in [0.2, 0.25) is 0 Å². The summed E-state index contributed by atoms with van der Waals surface area (Å²) < 4.78 is 88.6. The van der Waals surface area contributed by atoms with Gasteiger partial charge >= 0.3 is 24.4 Å². The van der Waals surface area contributed by atoms with Crippen LogP contribution in [0, 0.1) is 5.41 Å². The van der Waals surface area contributed by atoms with Crippen molar-refractivity contribution in [1.29, 1.82) is 0 Å². The van der Waals surface area contributed by atoms with Gasteiger partial charge in [-0.2, -0.15) is 26.3 Å². The van der Waals surface area contributed by atoms with Gasteiger partial charge in [-0.25, -0.2) is 15.6 Å². The number of alkyl halides is 6. The molecule has 290 valence electrons. The Morgan fingerprint density at radius 3 is 1.94 bits per heavy atom. The number of carboxylic acid groups (broad SMARTS) is 1. The van der Waals surface area contributed by atoms with Gasteiger partial charge in [0.1, 0.15) is 0 Å². The standard InChI is InChI=1S/C36H50F6N6O4/c1-8-24(25(9-2)21-46(7)44)19-45-32(43)47(20-23-14-26(35(37,38)39)16-27(15-23)36(40,41)42)30-17-28(10-3)48(29(11-4)18-30)33(51)52-22-34(5,6)13-12-31(49)50/h8-9,14-16,19,21,28-30H,1-2,10-13,17-18,20,22,44H2,3-7H3,(H2,43,45)(H,49,50)/b24-19+,25-21+/t28-,29+,30+. The van der Waals surface area contributed by atoms with Gasteiger partial charge < -0.3 is 30.4 Å². The molecule has 1 fully saturated rings. The van der Waals surface area contributed by atoms with Gasteiger partial charge in [-0.3, -0.25) is 4.79 Å². The minimum absolute atomic E-state index is 0.0339. The van der Waals surface area contributed by atoms with Crippen LogP contribution in [0.5, 0.6) is 0 Å². The average Bonchev–Trinajstić information content (AvgIpc) is 3.06. The average molecular weight is 745 g/mol. The number of nitrogens with two attached hydrogens (primary N) is 2. The molecular weight excluding hydrogens is 694 g/mol. The predicted molar refractivity (Wildman–Crippen MR) is 187 cm³/mol. The number of rotatable bonds is 15. The Labute approximate surface area is 301 Å². The van der Waals surface area contributed by atoms with E-state index >= 15 is 0 Å². The first-order valence-electron chi connectivity index (χ1n) is 16.8. The molecule has 0 unspecified atom stereocenters. The van der Waals surface area contributed by atoms with Crippen molar-refractivity contribution < 1.29 is 45.8 Å². The Kier molecular flexibility index (Phi) is 15.4. The van der Waals surface area contributed by atoms with E-state index in [9.17, 15) is 35.9 Å². The quantitative estimate of drug-likeness (QED) is 0.0413. The van der Waals surface area contributed by atoms with Crippen LogP contribution in [0.15, 0.2) is 72.0 Å². The van der Waals surface area contributed by atoms with Crippen molar-refractivity contribution in [3.05, 3.63) is 83.7 Å². The van der Waals surface area contributed by atoms with Gasteiger partial charge in [0.05, 0.1) is 17.7 Å². The van der Waals surface area contributed by atoms with Crippen LogP contribution < -0.4 is 11.6 Å². The lowest BCUT2D eigenvalue weighted by Gasteiger charge is -2.47. The summed E-state index contributed by atoms with van der Waals surface area (Å²) in [6, 6.07) is -0.1000. The number of halogens is 6. The Bertz CT molecular complexity index is 1470. The molecule has 10 nitrogen and oxygen atoms in total. The molecule has 0 radical (unpaired) electrons. The van der Waals surface area contributed by atoms with Crippen LogP contribution in [-0.4, -0.2) is 69.7 Å². The van der Waals surface area contributed by atoms with Crippen LogP contribution in [0.25, 0.3) is 0 Å². The normalized spacial score (nSPS) is 19.3. The van der Waals surface area contributed by atoms with Crippen molar-refractivity contribution in [2.45, 2.75) is 103 Å². The summed E-state index contributed by atoms with van der Waals surface area (Å²) in [7, 11) is 1.57. The zero-order valence-corrected chi connectivity index (χ0v) is 30.2. The lowest BCUT2D eigenvalue weighted by atomic mass is 9.87. The monoisotopic (exact) mass is 744 g/mol. The Morgan fingerprint density at radius 2 is 1.52 bits per heavy atom. The molecule has 5 N–H and O–H groups in total. The third-order valence-corrected chi connectivity index (χ3v) is 8.82. The molecule has 0 spiro atoms. The van der Waals surface area contributed by atoms with Gasteiger partial charge in [-0.15, -0.1) is 0 Å². The molecule has 0 saturated carbocycles. The fourth-order valence-corrected chi connectivity index (χ4v) is 6.00. The van der Waals surface area contributed by atoms with Crippen molar-refractivity contribution in [2.75, 3.05) is 13.7 Å². The molecule has 1 heterocycles. The number of hydrogen-bond donors (Lipinski definition) is 3. The number of carbonyl (C=O) groups excluding carboxylic acids is 1. The fraction of sp³-hybridized carbons (Fsp3) is 0.528. The molecule has 0 aromatic heterocycles. The van der Waals surface area contributed by atoms with Gasteiger partial charge in [0.2, 0.25) is 0 Å². The number of allylic oxidation sites excluding steroid dienone is 4. The van der Waals surface area contributed by atoms with E-state index in [1.807, 2.05) is 13.8 Å². The van der Waals surface area contributed by atoms with E-state index in [4.69, 9.17) is 21.4 Å². The van der Waals surface area contributed by atoms with Gasteiger partial charge in [0.15, 0.2) is 5.96 Å². The number of benzene rings is 1. The number of carboxylic acids is 1. The highest BCUT2D eigenvalue weighted by molar-refractivity contribution is 5.79. The van der Waals surface area contributed by atoms with E-state index in [0.29, 0.717) is 36.1 Å². The van der Waals surface area contributed by atoms with Crippen molar-refractivity contribution in [2.24, 2.45) is 22.0 Å². The summed E-state index contributed by atoms with van der Waals surface area (Å²) in [6.07, 6.45) is -3.37. The molecular formula is C36H50F6N6O4. The van der Waals surface area contributed by atoms with Crippen LogP contribution >= 0.6 is 0 Å². The van der Waals surface area contributed by atoms with E-state index in [-0.39, 0.29) is 49.9 Å². The molecule has 1 aliphatic rings.